The lowest BCUT2D eigenvalue weighted by atomic mass is 9.96. The molecule has 0 bridgehead atoms. The molecule has 1 atom stereocenters. The van der Waals surface area contributed by atoms with E-state index in [4.69, 9.17) is 0 Å². The Labute approximate surface area is 69.2 Å². The van der Waals surface area contributed by atoms with Crippen LogP contribution in [-0.2, 0) is 0 Å². The molecule has 0 aliphatic carbocycles. The van der Waals surface area contributed by atoms with Crippen LogP contribution in [0.25, 0.3) is 0 Å². The second kappa shape index (κ2) is 3.55. The molecule has 2 nitrogen and oxygen atoms in total. The van der Waals surface area contributed by atoms with Crippen molar-refractivity contribution in [1.82, 2.24) is 4.90 Å². The Morgan fingerprint density at radius 3 is 2.55 bits per heavy atom. The molecular formula is C9H19NO. The van der Waals surface area contributed by atoms with E-state index in [0.29, 0.717) is 0 Å². The molecule has 0 radical (unpaired) electrons. The van der Waals surface area contributed by atoms with Gasteiger partial charge in [-0.05, 0) is 32.2 Å². The SMILES string of the molecule is CCN1CCCCC1(O)CC. The number of hydrogen-bond acceptors (Lipinski definition) is 2. The molecule has 0 saturated carbocycles. The second-order valence-electron chi connectivity index (χ2n) is 3.37. The van der Waals surface area contributed by atoms with Crippen LogP contribution in [0.4, 0.5) is 0 Å². The van der Waals surface area contributed by atoms with Crippen molar-refractivity contribution in [2.75, 3.05) is 13.1 Å². The van der Waals surface area contributed by atoms with E-state index in [0.717, 1.165) is 25.9 Å². The molecule has 0 spiro atoms. The Morgan fingerprint density at radius 1 is 1.36 bits per heavy atom. The van der Waals surface area contributed by atoms with Gasteiger partial charge in [-0.25, -0.2) is 0 Å². The molecule has 1 unspecified atom stereocenters. The van der Waals surface area contributed by atoms with Crippen molar-refractivity contribution < 1.29 is 5.11 Å². The molecule has 1 aliphatic rings. The van der Waals surface area contributed by atoms with Gasteiger partial charge in [-0.2, -0.15) is 0 Å². The minimum absolute atomic E-state index is 0.479. The quantitative estimate of drug-likeness (QED) is 0.658. The number of hydrogen-bond donors (Lipinski definition) is 1. The fourth-order valence-electron chi connectivity index (χ4n) is 1.93. The average Bonchev–Trinajstić information content (AvgIpc) is 2.05. The molecule has 1 fully saturated rings. The summed E-state index contributed by atoms with van der Waals surface area (Å²) in [6, 6.07) is 0. The van der Waals surface area contributed by atoms with E-state index in [2.05, 4.69) is 18.7 Å². The summed E-state index contributed by atoms with van der Waals surface area (Å²) in [4.78, 5) is 2.19. The summed E-state index contributed by atoms with van der Waals surface area (Å²) in [5.41, 5.74) is -0.479. The molecule has 11 heavy (non-hydrogen) atoms. The van der Waals surface area contributed by atoms with Crippen LogP contribution in [0.5, 0.6) is 0 Å². The van der Waals surface area contributed by atoms with Crippen LogP contribution in [-0.4, -0.2) is 28.8 Å². The van der Waals surface area contributed by atoms with Crippen molar-refractivity contribution in [3.63, 3.8) is 0 Å². The highest BCUT2D eigenvalue weighted by Gasteiger charge is 2.33. The maximum atomic E-state index is 10.1. The molecule has 0 aromatic heterocycles. The maximum absolute atomic E-state index is 10.1. The third-order valence-electron chi connectivity index (χ3n) is 2.79. The monoisotopic (exact) mass is 157 g/mol. The molecule has 2 heteroatoms. The van der Waals surface area contributed by atoms with E-state index in [1.165, 1.54) is 12.8 Å². The highest BCUT2D eigenvalue weighted by Crippen LogP contribution is 2.27. The zero-order valence-corrected chi connectivity index (χ0v) is 7.64. The summed E-state index contributed by atoms with van der Waals surface area (Å²) < 4.78 is 0. The Kier molecular flexibility index (Phi) is 2.90. The molecule has 1 aliphatic heterocycles. The lowest BCUT2D eigenvalue weighted by Crippen LogP contribution is -2.51. The number of aliphatic hydroxyl groups is 1. The minimum Gasteiger partial charge on any atom is -0.376 e. The van der Waals surface area contributed by atoms with Crippen molar-refractivity contribution >= 4 is 0 Å². The molecule has 1 rings (SSSR count). The molecule has 0 aromatic carbocycles. The predicted octanol–water partition coefficient (Wildman–Crippen LogP) is 1.59. The van der Waals surface area contributed by atoms with E-state index >= 15 is 0 Å². The predicted molar refractivity (Wildman–Crippen MR) is 46.3 cm³/mol. The highest BCUT2D eigenvalue weighted by atomic mass is 16.3. The van der Waals surface area contributed by atoms with Crippen molar-refractivity contribution in [2.24, 2.45) is 0 Å². The van der Waals surface area contributed by atoms with Crippen LogP contribution in [0.3, 0.4) is 0 Å². The number of nitrogens with zero attached hydrogens (tertiary/aromatic N) is 1. The zero-order valence-electron chi connectivity index (χ0n) is 7.64. The fourth-order valence-corrected chi connectivity index (χ4v) is 1.93. The van der Waals surface area contributed by atoms with E-state index < -0.39 is 5.72 Å². The molecule has 1 heterocycles. The number of piperidine rings is 1. The van der Waals surface area contributed by atoms with Crippen LogP contribution >= 0.6 is 0 Å². The normalized spacial score (nSPS) is 34.1. The van der Waals surface area contributed by atoms with Crippen LogP contribution in [0.15, 0.2) is 0 Å². The third kappa shape index (κ3) is 1.74. The summed E-state index contributed by atoms with van der Waals surface area (Å²) in [7, 11) is 0. The summed E-state index contributed by atoms with van der Waals surface area (Å²) in [5, 5.41) is 10.1. The van der Waals surface area contributed by atoms with Gasteiger partial charge in [0.25, 0.3) is 0 Å². The molecule has 0 amide bonds. The first-order valence-electron chi connectivity index (χ1n) is 4.70. The molecule has 0 aromatic rings. The average molecular weight is 157 g/mol. The third-order valence-corrected chi connectivity index (χ3v) is 2.79. The van der Waals surface area contributed by atoms with Crippen molar-refractivity contribution in [2.45, 2.75) is 45.3 Å². The van der Waals surface area contributed by atoms with Gasteiger partial charge in [0.1, 0.15) is 5.72 Å². The Bertz CT molecular complexity index is 127. The van der Waals surface area contributed by atoms with Gasteiger partial charge < -0.3 is 5.11 Å². The van der Waals surface area contributed by atoms with Crippen LogP contribution in [0.1, 0.15) is 39.5 Å². The van der Waals surface area contributed by atoms with Gasteiger partial charge in [-0.3, -0.25) is 4.90 Å². The summed E-state index contributed by atoms with van der Waals surface area (Å²) in [6.45, 7) is 6.23. The Hall–Kier alpha value is -0.0800. The second-order valence-corrected chi connectivity index (χ2v) is 3.37. The van der Waals surface area contributed by atoms with Gasteiger partial charge in [-0.1, -0.05) is 13.8 Å². The Balaban J connectivity index is 2.57. The standard InChI is InChI=1S/C9H19NO/c1-3-9(11)7-5-6-8-10(9)4-2/h11H,3-8H2,1-2H3. The summed E-state index contributed by atoms with van der Waals surface area (Å²) >= 11 is 0. The number of rotatable bonds is 2. The molecule has 66 valence electrons. The molecule has 1 N–H and O–H groups in total. The van der Waals surface area contributed by atoms with Gasteiger partial charge in [0.05, 0.1) is 0 Å². The van der Waals surface area contributed by atoms with E-state index in [-0.39, 0.29) is 0 Å². The van der Waals surface area contributed by atoms with Gasteiger partial charge in [0.2, 0.25) is 0 Å². The topological polar surface area (TPSA) is 23.5 Å². The lowest BCUT2D eigenvalue weighted by molar-refractivity contribution is -0.131. The van der Waals surface area contributed by atoms with Crippen molar-refractivity contribution in [1.29, 1.82) is 0 Å². The first-order valence-corrected chi connectivity index (χ1v) is 4.70. The summed E-state index contributed by atoms with van der Waals surface area (Å²) in [5.74, 6) is 0. The number of likely N-dealkylation sites (tertiary alicyclic amines) is 1. The van der Waals surface area contributed by atoms with E-state index in [9.17, 15) is 5.11 Å². The summed E-state index contributed by atoms with van der Waals surface area (Å²) in [6.07, 6.45) is 4.25. The zero-order chi connectivity index (χ0) is 8.32. The fraction of sp³-hybridized carbons (Fsp3) is 1.00. The van der Waals surface area contributed by atoms with Crippen LogP contribution in [0.2, 0.25) is 0 Å². The van der Waals surface area contributed by atoms with Gasteiger partial charge >= 0.3 is 0 Å². The largest absolute Gasteiger partial charge is 0.376 e. The van der Waals surface area contributed by atoms with Gasteiger partial charge in [0.15, 0.2) is 0 Å². The Morgan fingerprint density at radius 2 is 2.09 bits per heavy atom. The van der Waals surface area contributed by atoms with Gasteiger partial charge in [-0.15, -0.1) is 0 Å². The first-order chi connectivity index (χ1) is 5.23. The van der Waals surface area contributed by atoms with Crippen molar-refractivity contribution in [3.05, 3.63) is 0 Å². The van der Waals surface area contributed by atoms with Gasteiger partial charge in [0, 0.05) is 6.54 Å². The maximum Gasteiger partial charge on any atom is 0.118 e. The first kappa shape index (κ1) is 9.01. The van der Waals surface area contributed by atoms with Crippen LogP contribution in [0, 0.1) is 0 Å². The highest BCUT2D eigenvalue weighted by molar-refractivity contribution is 4.81. The van der Waals surface area contributed by atoms with Crippen molar-refractivity contribution in [3.8, 4) is 0 Å². The van der Waals surface area contributed by atoms with Crippen LogP contribution < -0.4 is 0 Å². The lowest BCUT2D eigenvalue weighted by Gasteiger charge is -2.42. The van der Waals surface area contributed by atoms with E-state index in [1.807, 2.05) is 0 Å². The smallest absolute Gasteiger partial charge is 0.118 e. The molecule has 1 saturated heterocycles. The molecular weight excluding hydrogens is 138 g/mol. The minimum atomic E-state index is -0.479. The van der Waals surface area contributed by atoms with E-state index in [1.54, 1.807) is 0 Å².